The molecule has 1 aromatic carbocycles. The molecule has 1 rings (SSSR count). The molecular weight excluding hydrogens is 251 g/mol. The van der Waals surface area contributed by atoms with Gasteiger partial charge in [-0.1, -0.05) is 0 Å². The number of rotatable bonds is 5. The summed E-state index contributed by atoms with van der Waals surface area (Å²) in [5.41, 5.74) is 3.17. The van der Waals surface area contributed by atoms with E-state index in [4.69, 9.17) is 10.9 Å². The van der Waals surface area contributed by atoms with Crippen molar-refractivity contribution in [1.29, 1.82) is 0 Å². The van der Waals surface area contributed by atoms with Crippen LogP contribution in [0.5, 0.6) is 0 Å². The van der Waals surface area contributed by atoms with Crippen molar-refractivity contribution in [1.82, 2.24) is 5.32 Å². The molecule has 0 aromatic heterocycles. The van der Waals surface area contributed by atoms with Crippen molar-refractivity contribution in [3.63, 3.8) is 0 Å². The van der Waals surface area contributed by atoms with E-state index in [-0.39, 0.29) is 12.5 Å². The van der Waals surface area contributed by atoms with Gasteiger partial charge < -0.3 is 14.9 Å². The Hall–Kier alpha value is -1.76. The second-order valence-electron chi connectivity index (χ2n) is 3.37. The monoisotopic (exact) mass is 266 g/mol. The van der Waals surface area contributed by atoms with E-state index in [9.17, 15) is 9.36 Å². The van der Waals surface area contributed by atoms with Crippen molar-refractivity contribution < 1.29 is 13.9 Å². The van der Waals surface area contributed by atoms with Gasteiger partial charge in [-0.05, 0) is 31.2 Å². The van der Waals surface area contributed by atoms with E-state index in [0.29, 0.717) is 11.3 Å². The predicted octanol–water partition coefficient (Wildman–Crippen LogP) is 2.28. The van der Waals surface area contributed by atoms with Gasteiger partial charge in [0.15, 0.2) is 0 Å². The number of carbonyl (C=O) groups excluding carboxylic acids is 1. The molecule has 1 amide bonds. The van der Waals surface area contributed by atoms with Gasteiger partial charge in [0.05, 0.1) is 6.61 Å². The topological polar surface area (TPSA) is 67.4 Å². The fraction of sp³-hybridized carbons (Fsp3) is 0.250. The average Bonchev–Trinajstić information content (AvgIpc) is 2.39. The maximum atomic E-state index is 12.0. The smallest absolute Gasteiger partial charge is 0.355 e. The molecule has 0 bridgehead atoms. The van der Waals surface area contributed by atoms with E-state index < -0.39 is 7.52 Å². The van der Waals surface area contributed by atoms with E-state index in [1.807, 2.05) is 0 Å². The molecule has 0 spiro atoms. The summed E-state index contributed by atoms with van der Waals surface area (Å²) >= 11 is 0. The number of terminal acetylenes is 1. The maximum absolute atomic E-state index is 12.0. The molecule has 1 aromatic rings. The summed E-state index contributed by atoms with van der Waals surface area (Å²) in [6, 6.07) is 6.45. The van der Waals surface area contributed by atoms with Crippen molar-refractivity contribution in [3.8, 4) is 12.1 Å². The van der Waals surface area contributed by atoms with E-state index in [0.717, 1.165) is 0 Å². The SMILES string of the molecule is C#CP(=O)(Nc1ccc(C(=O)NC)cc1)OCC. The molecule has 0 saturated carbocycles. The van der Waals surface area contributed by atoms with Crippen LogP contribution in [-0.4, -0.2) is 19.6 Å². The second kappa shape index (κ2) is 6.25. The number of benzene rings is 1. The Bertz CT molecular complexity index is 505. The highest BCUT2D eigenvalue weighted by Gasteiger charge is 2.18. The van der Waals surface area contributed by atoms with Gasteiger partial charge in [-0.25, -0.2) is 0 Å². The van der Waals surface area contributed by atoms with Gasteiger partial charge in [0.1, 0.15) is 0 Å². The van der Waals surface area contributed by atoms with Crippen molar-refractivity contribution in [2.75, 3.05) is 18.7 Å². The Morgan fingerprint density at radius 3 is 2.50 bits per heavy atom. The van der Waals surface area contributed by atoms with Gasteiger partial charge in [-0.3, -0.25) is 9.36 Å². The highest BCUT2D eigenvalue weighted by Crippen LogP contribution is 2.45. The molecule has 0 radical (unpaired) electrons. The Labute approximate surface area is 106 Å². The third kappa shape index (κ3) is 3.63. The van der Waals surface area contributed by atoms with Gasteiger partial charge in [-0.15, -0.1) is 6.42 Å². The highest BCUT2D eigenvalue weighted by atomic mass is 31.2. The lowest BCUT2D eigenvalue weighted by atomic mass is 10.2. The summed E-state index contributed by atoms with van der Waals surface area (Å²) < 4.78 is 17.0. The molecule has 0 heterocycles. The van der Waals surface area contributed by atoms with Crippen LogP contribution in [-0.2, 0) is 9.09 Å². The minimum absolute atomic E-state index is 0.188. The molecule has 5 nitrogen and oxygen atoms in total. The third-order valence-corrected chi connectivity index (χ3v) is 3.65. The zero-order valence-electron chi connectivity index (χ0n) is 10.3. The summed E-state index contributed by atoms with van der Waals surface area (Å²) in [7, 11) is -1.74. The van der Waals surface area contributed by atoms with Gasteiger partial charge in [-0.2, -0.15) is 0 Å². The van der Waals surface area contributed by atoms with Gasteiger partial charge >= 0.3 is 7.52 Å². The van der Waals surface area contributed by atoms with Crippen LogP contribution in [0.4, 0.5) is 5.69 Å². The van der Waals surface area contributed by atoms with E-state index in [1.54, 1.807) is 38.2 Å². The minimum Gasteiger partial charge on any atom is -0.355 e. The lowest BCUT2D eigenvalue weighted by Gasteiger charge is -2.14. The Morgan fingerprint density at radius 1 is 1.44 bits per heavy atom. The molecule has 0 aliphatic heterocycles. The molecular formula is C12H15N2O3P. The van der Waals surface area contributed by atoms with Gasteiger partial charge in [0.2, 0.25) is 0 Å². The number of nitrogens with one attached hydrogen (secondary N) is 2. The molecule has 96 valence electrons. The van der Waals surface area contributed by atoms with E-state index in [1.165, 1.54) is 0 Å². The number of hydrogen-bond acceptors (Lipinski definition) is 3. The van der Waals surface area contributed by atoms with Crippen LogP contribution in [0.15, 0.2) is 24.3 Å². The zero-order valence-corrected chi connectivity index (χ0v) is 11.2. The summed E-state index contributed by atoms with van der Waals surface area (Å²) in [6.07, 6.45) is 5.18. The molecule has 0 saturated heterocycles. The largest absolute Gasteiger partial charge is 0.367 e. The molecule has 1 atom stereocenters. The lowest BCUT2D eigenvalue weighted by Crippen LogP contribution is -2.17. The first-order valence-corrected chi connectivity index (χ1v) is 7.00. The number of amides is 1. The third-order valence-electron chi connectivity index (χ3n) is 2.13. The quantitative estimate of drug-likeness (QED) is 0.633. The van der Waals surface area contributed by atoms with Crippen molar-refractivity contribution in [3.05, 3.63) is 29.8 Å². The summed E-state index contributed by atoms with van der Waals surface area (Å²) in [6.45, 7) is 1.96. The van der Waals surface area contributed by atoms with Gasteiger partial charge in [0.25, 0.3) is 5.91 Å². The Morgan fingerprint density at radius 2 is 2.06 bits per heavy atom. The van der Waals surface area contributed by atoms with Gasteiger partial charge in [0, 0.05) is 24.0 Å². The van der Waals surface area contributed by atoms with Crippen LogP contribution in [0.2, 0.25) is 0 Å². The lowest BCUT2D eigenvalue weighted by molar-refractivity contribution is 0.0963. The normalized spacial score (nSPS) is 13.2. The summed E-state index contributed by atoms with van der Waals surface area (Å²) in [5, 5.41) is 5.16. The highest BCUT2D eigenvalue weighted by molar-refractivity contribution is 7.65. The van der Waals surface area contributed by atoms with Crippen molar-refractivity contribution >= 4 is 19.1 Å². The molecule has 18 heavy (non-hydrogen) atoms. The minimum atomic E-state index is -3.29. The Balaban J connectivity index is 2.84. The molecule has 2 N–H and O–H groups in total. The fourth-order valence-electron chi connectivity index (χ4n) is 1.29. The summed E-state index contributed by atoms with van der Waals surface area (Å²) in [5.74, 6) is -0.188. The van der Waals surface area contributed by atoms with Crippen LogP contribution in [0.25, 0.3) is 0 Å². The molecule has 0 aliphatic carbocycles. The number of hydrogen-bond donors (Lipinski definition) is 2. The number of carbonyl (C=O) groups is 1. The molecule has 0 aliphatic rings. The molecule has 0 fully saturated rings. The standard InChI is InChI=1S/C12H15N2O3P/c1-4-17-18(16,5-2)14-11-8-6-10(7-9-11)12(15)13-3/h2,6-9H,4H2,1,3H3,(H,13,15)(H,14,16). The second-order valence-corrected chi connectivity index (χ2v) is 5.21. The van der Waals surface area contributed by atoms with Crippen LogP contribution in [0.3, 0.4) is 0 Å². The molecule has 1 unspecified atom stereocenters. The summed E-state index contributed by atoms with van der Waals surface area (Å²) in [4.78, 5) is 11.3. The van der Waals surface area contributed by atoms with Crippen molar-refractivity contribution in [2.45, 2.75) is 6.92 Å². The van der Waals surface area contributed by atoms with Crippen LogP contribution in [0.1, 0.15) is 17.3 Å². The van der Waals surface area contributed by atoms with Crippen LogP contribution >= 0.6 is 7.52 Å². The molecule has 6 heteroatoms. The van der Waals surface area contributed by atoms with E-state index >= 15 is 0 Å². The average molecular weight is 266 g/mol. The first-order chi connectivity index (χ1) is 8.54. The van der Waals surface area contributed by atoms with Crippen LogP contribution < -0.4 is 10.4 Å². The maximum Gasteiger partial charge on any atom is 0.367 e. The van der Waals surface area contributed by atoms with Crippen molar-refractivity contribution in [2.24, 2.45) is 0 Å². The zero-order chi connectivity index (χ0) is 13.6. The first kappa shape index (κ1) is 14.3. The predicted molar refractivity (Wildman–Crippen MR) is 71.5 cm³/mol. The fourth-order valence-corrected chi connectivity index (χ4v) is 2.35. The first-order valence-electron chi connectivity index (χ1n) is 5.37. The van der Waals surface area contributed by atoms with Crippen LogP contribution in [0, 0.1) is 12.1 Å². The Kier molecular flexibility index (Phi) is 4.96. The van der Waals surface area contributed by atoms with E-state index in [2.05, 4.69) is 16.1 Å². The number of anilines is 1.